The number of methoxy groups -OCH3 is 1. The van der Waals surface area contributed by atoms with Crippen LogP contribution < -0.4 is 10.1 Å². The molecule has 0 aliphatic heterocycles. The number of hydrogen-bond donors (Lipinski definition) is 1. The summed E-state index contributed by atoms with van der Waals surface area (Å²) in [6, 6.07) is 6.13. The van der Waals surface area contributed by atoms with Gasteiger partial charge in [-0.1, -0.05) is 6.07 Å². The largest absolute Gasteiger partial charge is 0.496 e. The van der Waals surface area contributed by atoms with Gasteiger partial charge in [0, 0.05) is 18.3 Å². The van der Waals surface area contributed by atoms with Crippen LogP contribution in [0.5, 0.6) is 5.75 Å². The lowest BCUT2D eigenvalue weighted by Gasteiger charge is -2.13. The standard InChI is InChI=1S/C15H19N3O/c1-9-6-10(2)14(13(7-9)19-5)12-8-11(3)17-15(16-4)18-12/h6-8H,1-5H3,(H,16,17,18). The molecule has 0 unspecified atom stereocenters. The molecule has 0 saturated heterocycles. The fraction of sp³-hybridized carbons (Fsp3) is 0.333. The predicted molar refractivity (Wildman–Crippen MR) is 77.8 cm³/mol. The molecule has 100 valence electrons. The fourth-order valence-electron chi connectivity index (χ4n) is 2.23. The Morgan fingerprint density at radius 1 is 1.05 bits per heavy atom. The molecular formula is C15H19N3O. The van der Waals surface area contributed by atoms with E-state index in [1.807, 2.05) is 26.1 Å². The Morgan fingerprint density at radius 3 is 2.42 bits per heavy atom. The van der Waals surface area contributed by atoms with Crippen molar-refractivity contribution in [1.29, 1.82) is 0 Å². The number of anilines is 1. The second-order valence-electron chi connectivity index (χ2n) is 4.63. The zero-order valence-electron chi connectivity index (χ0n) is 12.0. The Balaban J connectivity index is 2.67. The van der Waals surface area contributed by atoms with Gasteiger partial charge in [-0.3, -0.25) is 0 Å². The summed E-state index contributed by atoms with van der Waals surface area (Å²) in [6.07, 6.45) is 0. The summed E-state index contributed by atoms with van der Waals surface area (Å²) in [4.78, 5) is 8.84. The van der Waals surface area contributed by atoms with Gasteiger partial charge < -0.3 is 10.1 Å². The molecule has 2 aromatic rings. The van der Waals surface area contributed by atoms with Crippen LogP contribution in [0.2, 0.25) is 0 Å². The summed E-state index contributed by atoms with van der Waals surface area (Å²) in [6.45, 7) is 6.09. The van der Waals surface area contributed by atoms with E-state index in [1.54, 1.807) is 7.11 Å². The van der Waals surface area contributed by atoms with Gasteiger partial charge in [0.15, 0.2) is 0 Å². The molecule has 4 heteroatoms. The van der Waals surface area contributed by atoms with Crippen LogP contribution in [0.25, 0.3) is 11.3 Å². The van der Waals surface area contributed by atoms with Crippen LogP contribution in [0.4, 0.5) is 5.95 Å². The number of benzene rings is 1. The van der Waals surface area contributed by atoms with Gasteiger partial charge in [-0.05, 0) is 44.0 Å². The molecule has 0 fully saturated rings. The summed E-state index contributed by atoms with van der Waals surface area (Å²) >= 11 is 0. The summed E-state index contributed by atoms with van der Waals surface area (Å²) < 4.78 is 5.49. The first kappa shape index (κ1) is 13.3. The Bertz CT molecular complexity index is 609. The Labute approximate surface area is 113 Å². The molecule has 0 aliphatic carbocycles. The molecule has 0 radical (unpaired) electrons. The van der Waals surface area contributed by atoms with Gasteiger partial charge in [0.1, 0.15) is 5.75 Å². The van der Waals surface area contributed by atoms with Crippen LogP contribution in [-0.4, -0.2) is 24.1 Å². The lowest BCUT2D eigenvalue weighted by molar-refractivity contribution is 0.415. The van der Waals surface area contributed by atoms with Gasteiger partial charge in [-0.15, -0.1) is 0 Å². The van der Waals surface area contributed by atoms with Crippen molar-refractivity contribution >= 4 is 5.95 Å². The van der Waals surface area contributed by atoms with Gasteiger partial charge in [-0.2, -0.15) is 0 Å². The molecule has 2 rings (SSSR count). The Hall–Kier alpha value is -2.10. The molecule has 0 spiro atoms. The molecule has 19 heavy (non-hydrogen) atoms. The zero-order valence-corrected chi connectivity index (χ0v) is 12.0. The van der Waals surface area contributed by atoms with Gasteiger partial charge in [0.05, 0.1) is 12.8 Å². The molecule has 1 aromatic heterocycles. The lowest BCUT2D eigenvalue weighted by atomic mass is 10.0. The number of ether oxygens (including phenoxy) is 1. The van der Waals surface area contributed by atoms with Crippen LogP contribution in [0.3, 0.4) is 0 Å². The van der Waals surface area contributed by atoms with Crippen molar-refractivity contribution in [3.8, 4) is 17.0 Å². The minimum atomic E-state index is 0.622. The minimum Gasteiger partial charge on any atom is -0.496 e. The van der Waals surface area contributed by atoms with E-state index in [2.05, 4.69) is 35.2 Å². The summed E-state index contributed by atoms with van der Waals surface area (Å²) in [5, 5.41) is 2.98. The van der Waals surface area contributed by atoms with Crippen molar-refractivity contribution < 1.29 is 4.74 Å². The third-order valence-corrected chi connectivity index (χ3v) is 3.00. The fourth-order valence-corrected chi connectivity index (χ4v) is 2.23. The molecule has 1 aromatic carbocycles. The van der Waals surface area contributed by atoms with Gasteiger partial charge in [-0.25, -0.2) is 9.97 Å². The number of hydrogen-bond acceptors (Lipinski definition) is 4. The molecular weight excluding hydrogens is 238 g/mol. The number of nitrogens with one attached hydrogen (secondary N) is 1. The van der Waals surface area contributed by atoms with Crippen molar-refractivity contribution in [2.24, 2.45) is 0 Å². The smallest absolute Gasteiger partial charge is 0.223 e. The maximum Gasteiger partial charge on any atom is 0.223 e. The predicted octanol–water partition coefficient (Wildman–Crippen LogP) is 3.12. The molecule has 1 heterocycles. The van der Waals surface area contributed by atoms with Crippen LogP contribution in [0, 0.1) is 20.8 Å². The monoisotopic (exact) mass is 257 g/mol. The van der Waals surface area contributed by atoms with Gasteiger partial charge in [0.25, 0.3) is 0 Å². The Kier molecular flexibility index (Phi) is 3.69. The van der Waals surface area contributed by atoms with E-state index in [0.29, 0.717) is 5.95 Å². The molecule has 4 nitrogen and oxygen atoms in total. The highest BCUT2D eigenvalue weighted by atomic mass is 16.5. The normalized spacial score (nSPS) is 10.4. The highest BCUT2D eigenvalue weighted by molar-refractivity contribution is 5.72. The van der Waals surface area contributed by atoms with E-state index in [0.717, 1.165) is 28.3 Å². The SMILES string of the molecule is CNc1nc(C)cc(-c2c(C)cc(C)cc2OC)n1. The van der Waals surface area contributed by atoms with Crippen molar-refractivity contribution in [3.05, 3.63) is 35.0 Å². The van der Waals surface area contributed by atoms with Crippen molar-refractivity contribution in [2.75, 3.05) is 19.5 Å². The number of nitrogens with zero attached hydrogens (tertiary/aromatic N) is 2. The van der Waals surface area contributed by atoms with E-state index in [4.69, 9.17) is 4.74 Å². The molecule has 0 atom stereocenters. The average molecular weight is 257 g/mol. The summed E-state index contributed by atoms with van der Waals surface area (Å²) in [5.74, 6) is 1.47. The van der Waals surface area contributed by atoms with E-state index < -0.39 is 0 Å². The Morgan fingerprint density at radius 2 is 1.79 bits per heavy atom. The number of aryl methyl sites for hydroxylation is 3. The maximum atomic E-state index is 5.49. The molecule has 0 amide bonds. The minimum absolute atomic E-state index is 0.622. The van der Waals surface area contributed by atoms with Gasteiger partial charge in [0.2, 0.25) is 5.95 Å². The first-order valence-electron chi connectivity index (χ1n) is 6.24. The topological polar surface area (TPSA) is 47.0 Å². The van der Waals surface area contributed by atoms with Gasteiger partial charge >= 0.3 is 0 Å². The molecule has 0 aliphatic rings. The van der Waals surface area contributed by atoms with Crippen molar-refractivity contribution in [1.82, 2.24) is 9.97 Å². The van der Waals surface area contributed by atoms with Crippen LogP contribution in [0.1, 0.15) is 16.8 Å². The first-order valence-corrected chi connectivity index (χ1v) is 6.24. The average Bonchev–Trinajstić information content (AvgIpc) is 2.36. The third kappa shape index (κ3) is 2.67. The van der Waals surface area contributed by atoms with Crippen molar-refractivity contribution in [2.45, 2.75) is 20.8 Å². The third-order valence-electron chi connectivity index (χ3n) is 3.00. The second-order valence-corrected chi connectivity index (χ2v) is 4.63. The molecule has 0 saturated carbocycles. The highest BCUT2D eigenvalue weighted by Crippen LogP contribution is 2.33. The van der Waals surface area contributed by atoms with E-state index in [1.165, 1.54) is 5.56 Å². The van der Waals surface area contributed by atoms with Crippen molar-refractivity contribution in [3.63, 3.8) is 0 Å². The molecule has 0 bridgehead atoms. The number of aromatic nitrogens is 2. The first-order chi connectivity index (χ1) is 9.05. The van der Waals surface area contributed by atoms with E-state index >= 15 is 0 Å². The zero-order chi connectivity index (χ0) is 14.0. The quantitative estimate of drug-likeness (QED) is 0.917. The van der Waals surface area contributed by atoms with Crippen LogP contribution in [0.15, 0.2) is 18.2 Å². The summed E-state index contributed by atoms with van der Waals surface area (Å²) in [5.41, 5.74) is 5.16. The van der Waals surface area contributed by atoms with Crippen LogP contribution in [-0.2, 0) is 0 Å². The number of rotatable bonds is 3. The molecule has 1 N–H and O–H groups in total. The van der Waals surface area contributed by atoms with E-state index in [-0.39, 0.29) is 0 Å². The summed E-state index contributed by atoms with van der Waals surface area (Å²) in [7, 11) is 3.50. The second kappa shape index (κ2) is 5.26. The van der Waals surface area contributed by atoms with Crippen LogP contribution >= 0.6 is 0 Å². The highest BCUT2D eigenvalue weighted by Gasteiger charge is 2.13. The lowest BCUT2D eigenvalue weighted by Crippen LogP contribution is -2.01. The van der Waals surface area contributed by atoms with E-state index in [9.17, 15) is 0 Å². The maximum absolute atomic E-state index is 5.49.